The highest BCUT2D eigenvalue weighted by molar-refractivity contribution is 8.01. The minimum Gasteiger partial charge on any atom is -0.423 e. The summed E-state index contributed by atoms with van der Waals surface area (Å²) in [5, 5.41) is 3.61. The van der Waals surface area contributed by atoms with E-state index in [4.69, 9.17) is 4.42 Å². The molecule has 0 aliphatic rings. The number of hydrogen-bond donors (Lipinski definition) is 1. The Hall–Kier alpha value is -2.64. The molecule has 1 N–H and O–H groups in total. The van der Waals surface area contributed by atoms with Crippen molar-refractivity contribution in [3.05, 3.63) is 65.0 Å². The number of nitrogens with one attached hydrogen (secondary N) is 1. The van der Waals surface area contributed by atoms with Crippen molar-refractivity contribution in [2.75, 3.05) is 11.1 Å². The average Bonchev–Trinajstić information content (AvgIpc) is 3.03. The maximum Gasteiger partial charge on any atom is 0.336 e. The van der Waals surface area contributed by atoms with E-state index in [1.165, 1.54) is 17.8 Å². The number of aromatic nitrogens is 1. The van der Waals surface area contributed by atoms with E-state index >= 15 is 0 Å². The first kappa shape index (κ1) is 15.9. The van der Waals surface area contributed by atoms with Gasteiger partial charge in [-0.05, 0) is 36.4 Å². The molecular formula is C18H12N2O3S2. The molecule has 4 rings (SSSR count). The molecular weight excluding hydrogens is 356 g/mol. The van der Waals surface area contributed by atoms with E-state index in [1.807, 2.05) is 24.3 Å². The van der Waals surface area contributed by atoms with Crippen LogP contribution in [-0.2, 0) is 4.79 Å². The molecule has 5 nitrogen and oxygen atoms in total. The zero-order valence-corrected chi connectivity index (χ0v) is 14.5. The Morgan fingerprint density at radius 3 is 2.92 bits per heavy atom. The number of para-hydroxylation sites is 1. The summed E-state index contributed by atoms with van der Waals surface area (Å²) in [6, 6.07) is 16.1. The first-order valence-electron chi connectivity index (χ1n) is 7.49. The highest BCUT2D eigenvalue weighted by atomic mass is 32.2. The molecule has 25 heavy (non-hydrogen) atoms. The molecule has 0 atom stereocenters. The van der Waals surface area contributed by atoms with Crippen molar-refractivity contribution >= 4 is 55.9 Å². The fourth-order valence-electron chi connectivity index (χ4n) is 2.39. The molecule has 0 saturated heterocycles. The minimum absolute atomic E-state index is 0.110. The van der Waals surface area contributed by atoms with Gasteiger partial charge in [-0.2, -0.15) is 0 Å². The molecule has 0 aliphatic carbocycles. The number of nitrogens with zero attached hydrogens (tertiary/aromatic N) is 1. The number of rotatable bonds is 4. The standard InChI is InChI=1S/C18H12N2O3S2/c21-16(10-24-18-20-13-3-1-2-4-15(13)25-18)19-12-6-7-14-11(9-12)5-8-17(22)23-14/h1-9H,10H2,(H,19,21). The van der Waals surface area contributed by atoms with Crippen molar-refractivity contribution in [2.45, 2.75) is 4.34 Å². The van der Waals surface area contributed by atoms with Crippen LogP contribution in [0, 0.1) is 0 Å². The number of carbonyl (C=O) groups is 1. The van der Waals surface area contributed by atoms with Gasteiger partial charge in [0.25, 0.3) is 0 Å². The van der Waals surface area contributed by atoms with E-state index in [0.29, 0.717) is 11.3 Å². The highest BCUT2D eigenvalue weighted by Crippen LogP contribution is 2.29. The van der Waals surface area contributed by atoms with E-state index in [0.717, 1.165) is 19.9 Å². The molecule has 1 amide bonds. The Bertz CT molecular complexity index is 1100. The van der Waals surface area contributed by atoms with Gasteiger partial charge in [-0.15, -0.1) is 11.3 Å². The Morgan fingerprint density at radius 2 is 2.04 bits per heavy atom. The van der Waals surface area contributed by atoms with Crippen LogP contribution in [-0.4, -0.2) is 16.6 Å². The number of anilines is 1. The molecule has 2 aromatic heterocycles. The van der Waals surface area contributed by atoms with E-state index in [-0.39, 0.29) is 11.7 Å². The van der Waals surface area contributed by atoms with Crippen molar-refractivity contribution in [2.24, 2.45) is 0 Å². The highest BCUT2D eigenvalue weighted by Gasteiger charge is 2.08. The topological polar surface area (TPSA) is 72.2 Å². The van der Waals surface area contributed by atoms with Crippen LogP contribution in [0.3, 0.4) is 0 Å². The molecule has 0 radical (unpaired) electrons. The lowest BCUT2D eigenvalue weighted by atomic mass is 10.2. The summed E-state index contributed by atoms with van der Waals surface area (Å²) in [5.74, 6) is 0.169. The summed E-state index contributed by atoms with van der Waals surface area (Å²) in [6.07, 6.45) is 0. The molecule has 0 unspecified atom stereocenters. The van der Waals surface area contributed by atoms with Crippen LogP contribution in [0.2, 0.25) is 0 Å². The molecule has 4 aromatic rings. The van der Waals surface area contributed by atoms with Crippen LogP contribution in [0.4, 0.5) is 5.69 Å². The van der Waals surface area contributed by atoms with Crippen LogP contribution in [0.5, 0.6) is 0 Å². The van der Waals surface area contributed by atoms with Crippen molar-refractivity contribution in [1.29, 1.82) is 0 Å². The van der Waals surface area contributed by atoms with Crippen molar-refractivity contribution in [3.8, 4) is 0 Å². The van der Waals surface area contributed by atoms with Gasteiger partial charge in [0.15, 0.2) is 4.34 Å². The summed E-state index contributed by atoms with van der Waals surface area (Å²) in [7, 11) is 0. The van der Waals surface area contributed by atoms with Crippen molar-refractivity contribution in [3.63, 3.8) is 0 Å². The van der Waals surface area contributed by atoms with Crippen molar-refractivity contribution in [1.82, 2.24) is 4.98 Å². The third-order valence-corrected chi connectivity index (χ3v) is 5.68. The Labute approximate surface area is 150 Å². The molecule has 0 spiro atoms. The predicted molar refractivity (Wildman–Crippen MR) is 101 cm³/mol. The molecule has 0 bridgehead atoms. The summed E-state index contributed by atoms with van der Waals surface area (Å²) in [4.78, 5) is 27.8. The minimum atomic E-state index is -0.392. The molecule has 124 valence electrons. The molecule has 2 heterocycles. The van der Waals surface area contributed by atoms with Gasteiger partial charge in [-0.3, -0.25) is 4.79 Å². The molecule has 7 heteroatoms. The molecule has 2 aromatic carbocycles. The molecule has 0 fully saturated rings. The van der Waals surface area contributed by atoms with E-state index in [1.54, 1.807) is 35.6 Å². The summed E-state index contributed by atoms with van der Waals surface area (Å²) in [6.45, 7) is 0. The number of thiazole rings is 1. The maximum absolute atomic E-state index is 12.2. The van der Waals surface area contributed by atoms with Crippen LogP contribution < -0.4 is 10.9 Å². The second-order valence-corrected chi connectivity index (χ2v) is 7.54. The smallest absolute Gasteiger partial charge is 0.336 e. The van der Waals surface area contributed by atoms with E-state index in [2.05, 4.69) is 10.3 Å². The average molecular weight is 368 g/mol. The molecule has 0 saturated carbocycles. The van der Waals surface area contributed by atoms with Crippen molar-refractivity contribution < 1.29 is 9.21 Å². The summed E-state index contributed by atoms with van der Waals surface area (Å²) >= 11 is 2.99. The maximum atomic E-state index is 12.2. The normalized spacial score (nSPS) is 11.0. The second kappa shape index (κ2) is 6.70. The van der Waals surface area contributed by atoms with Gasteiger partial charge in [0.1, 0.15) is 5.58 Å². The number of carbonyl (C=O) groups excluding carboxylic acids is 1. The first-order chi connectivity index (χ1) is 12.2. The van der Waals surface area contributed by atoms with Crippen LogP contribution >= 0.6 is 23.1 Å². The Morgan fingerprint density at radius 1 is 1.16 bits per heavy atom. The van der Waals surface area contributed by atoms with Gasteiger partial charge in [-0.1, -0.05) is 23.9 Å². The second-order valence-electron chi connectivity index (χ2n) is 5.29. The van der Waals surface area contributed by atoms with Gasteiger partial charge >= 0.3 is 5.63 Å². The van der Waals surface area contributed by atoms with Crippen LogP contribution in [0.1, 0.15) is 0 Å². The first-order valence-corrected chi connectivity index (χ1v) is 9.30. The quantitative estimate of drug-likeness (QED) is 0.433. The Kier molecular flexibility index (Phi) is 4.25. The number of amides is 1. The van der Waals surface area contributed by atoms with Crippen LogP contribution in [0.25, 0.3) is 21.2 Å². The fourth-order valence-corrected chi connectivity index (χ4v) is 4.26. The van der Waals surface area contributed by atoms with E-state index in [9.17, 15) is 9.59 Å². The van der Waals surface area contributed by atoms with E-state index < -0.39 is 5.63 Å². The zero-order chi connectivity index (χ0) is 17.2. The zero-order valence-electron chi connectivity index (χ0n) is 12.9. The number of fused-ring (bicyclic) bond motifs is 2. The molecule has 0 aliphatic heterocycles. The number of hydrogen-bond acceptors (Lipinski definition) is 6. The lowest BCUT2D eigenvalue weighted by Gasteiger charge is -2.05. The number of benzene rings is 2. The SMILES string of the molecule is O=C(CSc1nc2ccccc2s1)Nc1ccc2oc(=O)ccc2c1. The van der Waals surface area contributed by atoms with Gasteiger partial charge in [0.05, 0.1) is 16.0 Å². The van der Waals surface area contributed by atoms with Gasteiger partial charge < -0.3 is 9.73 Å². The van der Waals surface area contributed by atoms with Crippen LogP contribution in [0.15, 0.2) is 68.1 Å². The summed E-state index contributed by atoms with van der Waals surface area (Å²) in [5.41, 5.74) is 1.72. The lowest BCUT2D eigenvalue weighted by Crippen LogP contribution is -2.13. The predicted octanol–water partition coefficient (Wildman–Crippen LogP) is 4.13. The monoisotopic (exact) mass is 368 g/mol. The third kappa shape index (κ3) is 3.57. The van der Waals surface area contributed by atoms with Gasteiger partial charge in [-0.25, -0.2) is 9.78 Å². The largest absolute Gasteiger partial charge is 0.423 e. The number of thioether (sulfide) groups is 1. The summed E-state index contributed by atoms with van der Waals surface area (Å²) < 4.78 is 7.06. The van der Waals surface area contributed by atoms with Gasteiger partial charge in [0.2, 0.25) is 5.91 Å². The lowest BCUT2D eigenvalue weighted by molar-refractivity contribution is -0.113. The third-order valence-electron chi connectivity index (χ3n) is 3.50. The van der Waals surface area contributed by atoms with Gasteiger partial charge in [0, 0.05) is 17.1 Å². The Balaban J connectivity index is 1.43. The fraction of sp³-hybridized carbons (Fsp3) is 0.0556.